The maximum atomic E-state index is 11.9. The van der Waals surface area contributed by atoms with Crippen molar-refractivity contribution in [3.05, 3.63) is 59.7 Å². The van der Waals surface area contributed by atoms with Crippen LogP contribution in [0.3, 0.4) is 0 Å². The fraction of sp³-hybridized carbons (Fsp3) is 0.316. The molecule has 0 bridgehead atoms. The van der Waals surface area contributed by atoms with E-state index >= 15 is 0 Å². The van der Waals surface area contributed by atoms with Crippen LogP contribution in [0.1, 0.15) is 24.5 Å². The Hall–Kier alpha value is -2.49. The molecule has 0 spiro atoms. The van der Waals surface area contributed by atoms with E-state index < -0.39 is 0 Å². The first-order chi connectivity index (χ1) is 11.2. The summed E-state index contributed by atoms with van der Waals surface area (Å²) in [7, 11) is 0. The Morgan fingerprint density at radius 2 is 1.87 bits per heavy atom. The van der Waals surface area contributed by atoms with Gasteiger partial charge in [0.15, 0.2) is 0 Å². The lowest BCUT2D eigenvalue weighted by atomic mass is 10.1. The first kappa shape index (κ1) is 16.9. The zero-order chi connectivity index (χ0) is 16.5. The Labute approximate surface area is 137 Å². The number of hydrogen-bond acceptors (Lipinski definition) is 3. The zero-order valence-electron chi connectivity index (χ0n) is 13.5. The molecule has 0 heterocycles. The zero-order valence-corrected chi connectivity index (χ0v) is 13.5. The predicted octanol–water partition coefficient (Wildman–Crippen LogP) is 2.96. The number of nitrogens with two attached hydrogens (primary N) is 1. The SMILES string of the molecule is CCOc1ccc(CCC(=O)NCCc2ccccc2)cc1N. The molecule has 3 N–H and O–H groups in total. The van der Waals surface area contributed by atoms with E-state index in [9.17, 15) is 4.79 Å². The van der Waals surface area contributed by atoms with Crippen LogP contribution in [0.4, 0.5) is 5.69 Å². The summed E-state index contributed by atoms with van der Waals surface area (Å²) >= 11 is 0. The van der Waals surface area contributed by atoms with Crippen LogP contribution >= 0.6 is 0 Å². The smallest absolute Gasteiger partial charge is 0.220 e. The molecule has 0 aromatic heterocycles. The summed E-state index contributed by atoms with van der Waals surface area (Å²) in [5.41, 5.74) is 8.83. The van der Waals surface area contributed by atoms with Crippen molar-refractivity contribution < 1.29 is 9.53 Å². The highest BCUT2D eigenvalue weighted by Crippen LogP contribution is 2.23. The van der Waals surface area contributed by atoms with Gasteiger partial charge in [-0.15, -0.1) is 0 Å². The van der Waals surface area contributed by atoms with Crippen molar-refractivity contribution in [2.75, 3.05) is 18.9 Å². The second kappa shape index (κ2) is 8.83. The molecule has 23 heavy (non-hydrogen) atoms. The first-order valence-corrected chi connectivity index (χ1v) is 8.01. The molecule has 1 amide bonds. The summed E-state index contributed by atoms with van der Waals surface area (Å²) in [6, 6.07) is 15.8. The summed E-state index contributed by atoms with van der Waals surface area (Å²) in [6.45, 7) is 3.18. The largest absolute Gasteiger partial charge is 0.492 e. The van der Waals surface area contributed by atoms with E-state index in [1.54, 1.807) is 0 Å². The summed E-state index contributed by atoms with van der Waals surface area (Å²) in [5, 5.41) is 2.95. The minimum Gasteiger partial charge on any atom is -0.492 e. The number of ether oxygens (including phenoxy) is 1. The lowest BCUT2D eigenvalue weighted by Crippen LogP contribution is -2.25. The van der Waals surface area contributed by atoms with Crippen molar-refractivity contribution in [1.82, 2.24) is 5.32 Å². The normalized spacial score (nSPS) is 10.3. The number of nitrogen functional groups attached to an aromatic ring is 1. The van der Waals surface area contributed by atoms with Gasteiger partial charge in [0.2, 0.25) is 5.91 Å². The second-order valence-corrected chi connectivity index (χ2v) is 5.39. The van der Waals surface area contributed by atoms with E-state index in [2.05, 4.69) is 17.4 Å². The molecular formula is C19H24N2O2. The molecule has 4 nitrogen and oxygen atoms in total. The van der Waals surface area contributed by atoms with Gasteiger partial charge < -0.3 is 15.8 Å². The van der Waals surface area contributed by atoms with Crippen molar-refractivity contribution in [2.45, 2.75) is 26.2 Å². The van der Waals surface area contributed by atoms with Crippen molar-refractivity contribution in [2.24, 2.45) is 0 Å². The molecule has 2 aromatic carbocycles. The highest BCUT2D eigenvalue weighted by molar-refractivity contribution is 5.76. The Bertz CT molecular complexity index is 627. The van der Waals surface area contributed by atoms with E-state index in [0.29, 0.717) is 37.4 Å². The third kappa shape index (κ3) is 5.66. The number of nitrogens with one attached hydrogen (secondary N) is 1. The van der Waals surface area contributed by atoms with Gasteiger partial charge in [-0.05, 0) is 43.0 Å². The van der Waals surface area contributed by atoms with Gasteiger partial charge >= 0.3 is 0 Å². The number of anilines is 1. The summed E-state index contributed by atoms with van der Waals surface area (Å²) < 4.78 is 5.41. The van der Waals surface area contributed by atoms with Gasteiger partial charge in [0.05, 0.1) is 12.3 Å². The fourth-order valence-electron chi connectivity index (χ4n) is 2.38. The Balaban J connectivity index is 1.72. The molecule has 2 rings (SSSR count). The molecule has 0 aliphatic carbocycles. The van der Waals surface area contributed by atoms with Crippen molar-refractivity contribution in [1.29, 1.82) is 0 Å². The monoisotopic (exact) mass is 312 g/mol. The maximum Gasteiger partial charge on any atom is 0.220 e. The van der Waals surface area contributed by atoms with E-state index in [1.165, 1.54) is 5.56 Å². The van der Waals surface area contributed by atoms with Gasteiger partial charge in [0, 0.05) is 13.0 Å². The van der Waals surface area contributed by atoms with Gasteiger partial charge in [-0.1, -0.05) is 36.4 Å². The number of benzene rings is 2. The highest BCUT2D eigenvalue weighted by atomic mass is 16.5. The maximum absolute atomic E-state index is 11.9. The number of carbonyl (C=O) groups is 1. The molecule has 2 aromatic rings. The molecule has 4 heteroatoms. The molecular weight excluding hydrogens is 288 g/mol. The molecule has 0 fully saturated rings. The number of aryl methyl sites for hydroxylation is 1. The van der Waals surface area contributed by atoms with Crippen LogP contribution in [0.5, 0.6) is 5.75 Å². The molecule has 0 aliphatic heterocycles. The third-order valence-corrected chi connectivity index (χ3v) is 3.59. The number of carbonyl (C=O) groups excluding carboxylic acids is 1. The number of amides is 1. The van der Waals surface area contributed by atoms with E-state index in [0.717, 1.165) is 12.0 Å². The molecule has 0 radical (unpaired) electrons. The minimum absolute atomic E-state index is 0.0633. The van der Waals surface area contributed by atoms with Crippen LogP contribution < -0.4 is 15.8 Å². The number of rotatable bonds is 8. The fourth-order valence-corrected chi connectivity index (χ4v) is 2.38. The molecule has 122 valence electrons. The van der Waals surface area contributed by atoms with Crippen molar-refractivity contribution >= 4 is 11.6 Å². The van der Waals surface area contributed by atoms with Crippen LogP contribution in [0.2, 0.25) is 0 Å². The van der Waals surface area contributed by atoms with Crippen LogP contribution in [0.25, 0.3) is 0 Å². The number of hydrogen-bond donors (Lipinski definition) is 2. The van der Waals surface area contributed by atoms with Gasteiger partial charge in [0.1, 0.15) is 5.75 Å². The molecule has 0 saturated carbocycles. The summed E-state index contributed by atoms with van der Waals surface area (Å²) in [4.78, 5) is 11.9. The molecule has 0 saturated heterocycles. The van der Waals surface area contributed by atoms with Crippen LogP contribution in [-0.2, 0) is 17.6 Å². The Morgan fingerprint density at radius 1 is 1.09 bits per heavy atom. The van der Waals surface area contributed by atoms with Crippen LogP contribution in [-0.4, -0.2) is 19.1 Å². The minimum atomic E-state index is 0.0633. The van der Waals surface area contributed by atoms with Crippen molar-refractivity contribution in [3.8, 4) is 5.75 Å². The van der Waals surface area contributed by atoms with E-state index in [-0.39, 0.29) is 5.91 Å². The summed E-state index contributed by atoms with van der Waals surface area (Å²) in [5.74, 6) is 0.761. The second-order valence-electron chi connectivity index (χ2n) is 5.39. The van der Waals surface area contributed by atoms with Gasteiger partial charge in [-0.25, -0.2) is 0 Å². The average Bonchev–Trinajstić information content (AvgIpc) is 2.56. The molecule has 0 unspecified atom stereocenters. The highest BCUT2D eigenvalue weighted by Gasteiger charge is 2.05. The predicted molar refractivity (Wildman–Crippen MR) is 93.5 cm³/mol. The standard InChI is InChI=1S/C19H24N2O2/c1-2-23-18-10-8-16(14-17(18)20)9-11-19(22)21-13-12-15-6-4-3-5-7-15/h3-8,10,14H,2,9,11-13,20H2,1H3,(H,21,22). The Kier molecular flexibility index (Phi) is 6.48. The quantitative estimate of drug-likeness (QED) is 0.737. The average molecular weight is 312 g/mol. The van der Waals surface area contributed by atoms with Gasteiger partial charge in [0.25, 0.3) is 0 Å². The van der Waals surface area contributed by atoms with E-state index in [4.69, 9.17) is 10.5 Å². The molecule has 0 atom stereocenters. The van der Waals surface area contributed by atoms with Gasteiger partial charge in [-0.3, -0.25) is 4.79 Å². The topological polar surface area (TPSA) is 64.3 Å². The summed E-state index contributed by atoms with van der Waals surface area (Å²) in [6.07, 6.45) is 1.98. The molecule has 0 aliphatic rings. The van der Waals surface area contributed by atoms with Crippen LogP contribution in [0, 0.1) is 0 Å². The lowest BCUT2D eigenvalue weighted by Gasteiger charge is -2.09. The van der Waals surface area contributed by atoms with Gasteiger partial charge in [-0.2, -0.15) is 0 Å². The Morgan fingerprint density at radius 3 is 2.57 bits per heavy atom. The third-order valence-electron chi connectivity index (χ3n) is 3.59. The lowest BCUT2D eigenvalue weighted by molar-refractivity contribution is -0.121. The first-order valence-electron chi connectivity index (χ1n) is 8.01. The van der Waals surface area contributed by atoms with E-state index in [1.807, 2.05) is 43.3 Å². The van der Waals surface area contributed by atoms with Crippen LogP contribution in [0.15, 0.2) is 48.5 Å². The van der Waals surface area contributed by atoms with Crippen molar-refractivity contribution in [3.63, 3.8) is 0 Å².